The van der Waals surface area contributed by atoms with Gasteiger partial charge in [0.25, 0.3) is 0 Å². The van der Waals surface area contributed by atoms with Gasteiger partial charge in [-0.05, 0) is 66.0 Å². The number of hydrogen-bond donors (Lipinski definition) is 0. The minimum atomic E-state index is 0.641. The molecule has 0 radical (unpaired) electrons. The molecular weight excluding hydrogens is 635 g/mol. The molecule has 0 aliphatic carbocycles. The molecule has 0 amide bonds. The van der Waals surface area contributed by atoms with Crippen LogP contribution in [0, 0.1) is 0 Å². The molecule has 0 aliphatic heterocycles. The molecule has 0 aliphatic rings. The molecule has 0 saturated carbocycles. The lowest BCUT2D eigenvalue weighted by Crippen LogP contribution is -2.00. The Balaban J connectivity index is 1.12. The Hall–Kier alpha value is -7.11. The minimum absolute atomic E-state index is 0.641. The van der Waals surface area contributed by atoms with Gasteiger partial charge >= 0.3 is 0 Å². The second-order valence-electron chi connectivity index (χ2n) is 13.3. The molecule has 7 aromatic carbocycles. The molecule has 11 aromatic rings. The van der Waals surface area contributed by atoms with Crippen LogP contribution in [-0.4, -0.2) is 23.9 Å². The van der Waals surface area contributed by atoms with Crippen LogP contribution in [0.15, 0.2) is 176 Å². The van der Waals surface area contributed by atoms with Crippen LogP contribution in [-0.2, 0) is 0 Å². The summed E-state index contributed by atoms with van der Waals surface area (Å²) in [6.45, 7) is 0. The van der Waals surface area contributed by atoms with Gasteiger partial charge < -0.3 is 8.97 Å². The van der Waals surface area contributed by atoms with E-state index in [-0.39, 0.29) is 0 Å². The van der Waals surface area contributed by atoms with Crippen molar-refractivity contribution in [1.82, 2.24) is 23.9 Å². The average molecular weight is 664 g/mol. The first-order valence-electron chi connectivity index (χ1n) is 17.5. The summed E-state index contributed by atoms with van der Waals surface area (Å²) in [6, 6.07) is 62.1. The fourth-order valence-electron chi connectivity index (χ4n) is 7.93. The fraction of sp³-hybridized carbons (Fsp3) is 0. The SMILES string of the molecule is c1ccc(-c2nc(-c3ccccc3)nc(-c3ccc(-n4c5ccccc5c5cc6c(cc54)c4ccccc4n4c5ccccc5cc64)cc3)n2)cc1. The predicted molar refractivity (Wildman–Crippen MR) is 214 cm³/mol. The maximum Gasteiger partial charge on any atom is 0.164 e. The van der Waals surface area contributed by atoms with Gasteiger partial charge in [0.2, 0.25) is 0 Å². The van der Waals surface area contributed by atoms with Crippen LogP contribution in [0.2, 0.25) is 0 Å². The smallest absolute Gasteiger partial charge is 0.164 e. The Bertz CT molecular complexity index is 3100. The van der Waals surface area contributed by atoms with Crippen LogP contribution in [0.1, 0.15) is 0 Å². The van der Waals surface area contributed by atoms with Crippen molar-refractivity contribution >= 4 is 59.9 Å². The largest absolute Gasteiger partial charge is 0.309 e. The molecule has 52 heavy (non-hydrogen) atoms. The first-order chi connectivity index (χ1) is 25.8. The van der Waals surface area contributed by atoms with E-state index in [0.29, 0.717) is 17.5 Å². The van der Waals surface area contributed by atoms with Crippen LogP contribution in [0.25, 0.3) is 99.8 Å². The molecule has 0 unspecified atom stereocenters. The predicted octanol–water partition coefficient (Wildman–Crippen LogP) is 11.7. The van der Waals surface area contributed by atoms with Gasteiger partial charge in [-0.25, -0.2) is 15.0 Å². The van der Waals surface area contributed by atoms with E-state index in [0.717, 1.165) is 22.4 Å². The summed E-state index contributed by atoms with van der Waals surface area (Å²) in [5.41, 5.74) is 9.91. The Morgan fingerprint density at radius 1 is 0.308 bits per heavy atom. The lowest BCUT2D eigenvalue weighted by Gasteiger charge is -2.13. The van der Waals surface area contributed by atoms with Crippen molar-refractivity contribution < 1.29 is 0 Å². The first-order valence-corrected chi connectivity index (χ1v) is 17.5. The van der Waals surface area contributed by atoms with Crippen LogP contribution < -0.4 is 0 Å². The van der Waals surface area contributed by atoms with Crippen LogP contribution in [0.3, 0.4) is 0 Å². The van der Waals surface area contributed by atoms with E-state index in [4.69, 9.17) is 15.0 Å². The number of para-hydroxylation sites is 3. The van der Waals surface area contributed by atoms with Gasteiger partial charge in [-0.3, -0.25) is 0 Å². The summed E-state index contributed by atoms with van der Waals surface area (Å²) in [5, 5.41) is 7.42. The zero-order chi connectivity index (χ0) is 34.2. The molecule has 0 atom stereocenters. The third-order valence-corrected chi connectivity index (χ3v) is 10.3. The lowest BCUT2D eigenvalue weighted by atomic mass is 10.0. The van der Waals surface area contributed by atoms with Gasteiger partial charge in [-0.15, -0.1) is 0 Å². The van der Waals surface area contributed by atoms with E-state index in [2.05, 4.69) is 124 Å². The third kappa shape index (κ3) is 4.33. The van der Waals surface area contributed by atoms with Crippen LogP contribution in [0.4, 0.5) is 0 Å². The number of aromatic nitrogens is 5. The molecule has 4 aromatic heterocycles. The Morgan fingerprint density at radius 3 is 1.46 bits per heavy atom. The molecule has 0 saturated heterocycles. The van der Waals surface area contributed by atoms with E-state index >= 15 is 0 Å². The van der Waals surface area contributed by atoms with Gasteiger partial charge in [-0.2, -0.15) is 0 Å². The van der Waals surface area contributed by atoms with Crippen molar-refractivity contribution in [3.63, 3.8) is 0 Å². The standard InChI is InChI=1S/C47H29N5/c1-3-13-30(14-4-1)45-48-46(31-15-5-2-6-16-31)50-47(49-45)32-23-25-34(26-24-32)51-41-21-11-9-19-36(41)38-28-39-37(29-44(38)51)35-18-8-12-22-42(35)52-40-20-10-7-17-33(40)27-43(39)52/h1-29H. The fourth-order valence-corrected chi connectivity index (χ4v) is 7.93. The van der Waals surface area contributed by atoms with E-state index < -0.39 is 0 Å². The Labute approximate surface area is 298 Å². The van der Waals surface area contributed by atoms with E-state index in [1.54, 1.807) is 0 Å². The number of rotatable bonds is 4. The number of pyridine rings is 1. The highest BCUT2D eigenvalue weighted by molar-refractivity contribution is 6.22. The highest BCUT2D eigenvalue weighted by Gasteiger charge is 2.18. The third-order valence-electron chi connectivity index (χ3n) is 10.3. The number of nitrogens with zero attached hydrogens (tertiary/aromatic N) is 5. The monoisotopic (exact) mass is 663 g/mol. The van der Waals surface area contributed by atoms with Gasteiger partial charge in [0, 0.05) is 49.3 Å². The molecule has 4 heterocycles. The summed E-state index contributed by atoms with van der Waals surface area (Å²) in [5.74, 6) is 1.95. The van der Waals surface area contributed by atoms with Crippen molar-refractivity contribution in [1.29, 1.82) is 0 Å². The molecule has 0 bridgehead atoms. The van der Waals surface area contributed by atoms with Crippen molar-refractivity contribution in [2.75, 3.05) is 0 Å². The second kappa shape index (κ2) is 11.2. The van der Waals surface area contributed by atoms with Gasteiger partial charge in [0.1, 0.15) is 0 Å². The molecule has 0 spiro atoms. The molecular formula is C47H29N5. The average Bonchev–Trinajstić information content (AvgIpc) is 3.77. The molecule has 5 heteroatoms. The maximum atomic E-state index is 4.96. The molecule has 5 nitrogen and oxygen atoms in total. The normalized spacial score (nSPS) is 11.8. The Morgan fingerprint density at radius 2 is 0.808 bits per heavy atom. The van der Waals surface area contributed by atoms with E-state index in [1.165, 1.54) is 59.9 Å². The van der Waals surface area contributed by atoms with Gasteiger partial charge in [0.05, 0.1) is 27.6 Å². The van der Waals surface area contributed by atoms with Crippen molar-refractivity contribution in [3.05, 3.63) is 176 Å². The van der Waals surface area contributed by atoms with Crippen molar-refractivity contribution in [2.45, 2.75) is 0 Å². The van der Waals surface area contributed by atoms with Crippen LogP contribution in [0.5, 0.6) is 0 Å². The zero-order valence-corrected chi connectivity index (χ0v) is 28.0. The minimum Gasteiger partial charge on any atom is -0.309 e. The summed E-state index contributed by atoms with van der Waals surface area (Å²) in [4.78, 5) is 14.8. The molecule has 11 rings (SSSR count). The highest BCUT2D eigenvalue weighted by atomic mass is 15.0. The maximum absolute atomic E-state index is 4.96. The number of fused-ring (bicyclic) bond motifs is 11. The molecule has 0 fully saturated rings. The second-order valence-corrected chi connectivity index (χ2v) is 13.3. The summed E-state index contributed by atoms with van der Waals surface area (Å²) in [7, 11) is 0. The number of benzene rings is 7. The van der Waals surface area contributed by atoms with Gasteiger partial charge in [0.15, 0.2) is 17.5 Å². The lowest BCUT2D eigenvalue weighted by molar-refractivity contribution is 1.07. The molecule has 242 valence electrons. The quantitative estimate of drug-likeness (QED) is 0.176. The first kappa shape index (κ1) is 28.7. The molecule has 0 N–H and O–H groups in total. The topological polar surface area (TPSA) is 48.0 Å². The van der Waals surface area contributed by atoms with E-state index in [9.17, 15) is 0 Å². The summed E-state index contributed by atoms with van der Waals surface area (Å²) in [6.07, 6.45) is 0. The zero-order valence-electron chi connectivity index (χ0n) is 28.0. The van der Waals surface area contributed by atoms with Gasteiger partial charge in [-0.1, -0.05) is 115 Å². The highest BCUT2D eigenvalue weighted by Crippen LogP contribution is 2.40. The van der Waals surface area contributed by atoms with Crippen LogP contribution >= 0.6 is 0 Å². The van der Waals surface area contributed by atoms with E-state index in [1.807, 2.05) is 60.7 Å². The summed E-state index contributed by atoms with van der Waals surface area (Å²) < 4.78 is 4.81. The Kier molecular flexibility index (Phi) is 6.18. The van der Waals surface area contributed by atoms with Crippen molar-refractivity contribution in [3.8, 4) is 39.9 Å². The number of hydrogen-bond acceptors (Lipinski definition) is 3. The van der Waals surface area contributed by atoms with Crippen molar-refractivity contribution in [2.24, 2.45) is 0 Å². The summed E-state index contributed by atoms with van der Waals surface area (Å²) >= 11 is 0.